The highest BCUT2D eigenvalue weighted by Gasteiger charge is 2.41. The third-order valence-corrected chi connectivity index (χ3v) is 3.82. The van der Waals surface area contributed by atoms with Crippen LogP contribution < -0.4 is 5.32 Å². The van der Waals surface area contributed by atoms with Gasteiger partial charge in [0.15, 0.2) is 0 Å². The number of piperidine rings is 1. The molecule has 2 rings (SSSR count). The molecular formula is C11H18F3N. The van der Waals surface area contributed by atoms with Crippen molar-refractivity contribution in [3.05, 3.63) is 0 Å². The molecule has 0 aromatic heterocycles. The smallest absolute Gasteiger partial charge is 0.313 e. The molecule has 15 heavy (non-hydrogen) atoms. The maximum absolute atomic E-state index is 12.4. The Hall–Kier alpha value is -0.250. The van der Waals surface area contributed by atoms with Gasteiger partial charge < -0.3 is 5.32 Å². The van der Waals surface area contributed by atoms with Gasteiger partial charge in [-0.1, -0.05) is 19.3 Å². The van der Waals surface area contributed by atoms with E-state index < -0.39 is 12.1 Å². The minimum absolute atomic E-state index is 0.126. The van der Waals surface area contributed by atoms with Crippen molar-refractivity contribution < 1.29 is 13.2 Å². The Kier molecular flexibility index (Phi) is 3.24. The van der Waals surface area contributed by atoms with Crippen LogP contribution in [0.2, 0.25) is 0 Å². The highest BCUT2D eigenvalue weighted by molar-refractivity contribution is 4.84. The van der Waals surface area contributed by atoms with Gasteiger partial charge in [0.05, 0.1) is 5.92 Å². The molecule has 2 aliphatic rings. The second-order valence-corrected chi connectivity index (χ2v) is 4.95. The summed E-state index contributed by atoms with van der Waals surface area (Å²) in [6.45, 7) is 0.126. The van der Waals surface area contributed by atoms with E-state index in [-0.39, 0.29) is 6.54 Å². The molecule has 1 saturated carbocycles. The van der Waals surface area contributed by atoms with Crippen molar-refractivity contribution in [2.75, 3.05) is 6.54 Å². The van der Waals surface area contributed by atoms with Gasteiger partial charge in [-0.3, -0.25) is 0 Å². The van der Waals surface area contributed by atoms with Crippen LogP contribution in [0.3, 0.4) is 0 Å². The number of nitrogens with one attached hydrogen (secondary N) is 1. The summed E-state index contributed by atoms with van der Waals surface area (Å²) in [5.41, 5.74) is 0. The van der Waals surface area contributed by atoms with Crippen LogP contribution in [0, 0.1) is 11.8 Å². The monoisotopic (exact) mass is 221 g/mol. The highest BCUT2D eigenvalue weighted by Crippen LogP contribution is 2.35. The van der Waals surface area contributed by atoms with Gasteiger partial charge in [0.2, 0.25) is 0 Å². The van der Waals surface area contributed by atoms with Gasteiger partial charge in [-0.05, 0) is 25.2 Å². The molecule has 1 heterocycles. The van der Waals surface area contributed by atoms with Crippen LogP contribution in [0.5, 0.6) is 0 Å². The van der Waals surface area contributed by atoms with Gasteiger partial charge in [0.25, 0.3) is 0 Å². The summed E-state index contributed by atoms with van der Waals surface area (Å²) in [7, 11) is 0. The lowest BCUT2D eigenvalue weighted by atomic mass is 9.78. The van der Waals surface area contributed by atoms with E-state index in [4.69, 9.17) is 0 Å². The molecular weight excluding hydrogens is 203 g/mol. The zero-order valence-corrected chi connectivity index (χ0v) is 8.82. The van der Waals surface area contributed by atoms with Gasteiger partial charge in [-0.25, -0.2) is 0 Å². The number of alkyl halides is 3. The van der Waals surface area contributed by atoms with Gasteiger partial charge in [-0.2, -0.15) is 13.2 Å². The summed E-state index contributed by atoms with van der Waals surface area (Å²) < 4.78 is 37.1. The molecule has 2 fully saturated rings. The molecule has 0 bridgehead atoms. The Balaban J connectivity index is 1.71. The topological polar surface area (TPSA) is 12.0 Å². The fourth-order valence-electron chi connectivity index (χ4n) is 2.53. The molecule has 0 aromatic carbocycles. The van der Waals surface area contributed by atoms with Gasteiger partial charge in [0, 0.05) is 12.6 Å². The molecule has 0 aromatic rings. The molecule has 1 aliphatic carbocycles. The summed E-state index contributed by atoms with van der Waals surface area (Å²) in [5, 5.41) is 3.05. The van der Waals surface area contributed by atoms with Gasteiger partial charge >= 0.3 is 6.18 Å². The quantitative estimate of drug-likeness (QED) is 0.755. The van der Waals surface area contributed by atoms with Crippen LogP contribution >= 0.6 is 0 Å². The van der Waals surface area contributed by atoms with E-state index in [9.17, 15) is 13.2 Å². The Morgan fingerprint density at radius 3 is 2.20 bits per heavy atom. The van der Waals surface area contributed by atoms with Gasteiger partial charge in [0.1, 0.15) is 0 Å². The van der Waals surface area contributed by atoms with Crippen LogP contribution in [0.1, 0.15) is 38.5 Å². The molecule has 88 valence electrons. The van der Waals surface area contributed by atoms with Crippen molar-refractivity contribution in [2.45, 2.75) is 50.7 Å². The van der Waals surface area contributed by atoms with Crippen molar-refractivity contribution in [2.24, 2.45) is 11.8 Å². The number of hydrogen-bond donors (Lipinski definition) is 1. The third kappa shape index (κ3) is 2.86. The molecule has 0 amide bonds. The largest absolute Gasteiger partial charge is 0.393 e. The summed E-state index contributed by atoms with van der Waals surface area (Å²) in [5.74, 6) is -0.333. The average Bonchev–Trinajstić information content (AvgIpc) is 2.11. The first-order valence-corrected chi connectivity index (χ1v) is 5.86. The number of halogens is 3. The van der Waals surface area contributed by atoms with E-state index in [0.29, 0.717) is 18.9 Å². The van der Waals surface area contributed by atoms with Crippen molar-refractivity contribution in [1.82, 2.24) is 5.32 Å². The van der Waals surface area contributed by atoms with Crippen molar-refractivity contribution >= 4 is 0 Å². The fraction of sp³-hybridized carbons (Fsp3) is 1.00. The van der Waals surface area contributed by atoms with Crippen molar-refractivity contribution in [3.8, 4) is 0 Å². The van der Waals surface area contributed by atoms with Crippen LogP contribution in [-0.4, -0.2) is 18.8 Å². The van der Waals surface area contributed by atoms with E-state index in [0.717, 1.165) is 12.3 Å². The molecule has 0 spiro atoms. The van der Waals surface area contributed by atoms with E-state index in [1.54, 1.807) is 0 Å². The van der Waals surface area contributed by atoms with E-state index in [1.165, 1.54) is 19.3 Å². The lowest BCUT2D eigenvalue weighted by Crippen LogP contribution is -2.45. The molecule has 0 radical (unpaired) electrons. The molecule has 2 unspecified atom stereocenters. The number of rotatable bonds is 2. The third-order valence-electron chi connectivity index (χ3n) is 3.82. The summed E-state index contributed by atoms with van der Waals surface area (Å²) >= 11 is 0. The first-order valence-electron chi connectivity index (χ1n) is 5.86. The minimum Gasteiger partial charge on any atom is -0.313 e. The zero-order valence-electron chi connectivity index (χ0n) is 8.82. The Labute approximate surface area is 88.4 Å². The highest BCUT2D eigenvalue weighted by atomic mass is 19.4. The molecule has 1 saturated heterocycles. The number of hydrogen-bond acceptors (Lipinski definition) is 1. The first-order chi connectivity index (χ1) is 7.05. The maximum atomic E-state index is 12.4. The second kappa shape index (κ2) is 4.32. The zero-order chi connectivity index (χ0) is 10.9. The van der Waals surface area contributed by atoms with E-state index in [2.05, 4.69) is 5.32 Å². The SMILES string of the molecule is FC(F)(F)C1CCC(CC2CCC2)NC1. The minimum atomic E-state index is -4.01. The molecule has 1 aliphatic heterocycles. The van der Waals surface area contributed by atoms with Crippen molar-refractivity contribution in [3.63, 3.8) is 0 Å². The molecule has 1 nitrogen and oxygen atoms in total. The predicted octanol–water partition coefficient (Wildman–Crippen LogP) is 3.11. The van der Waals surface area contributed by atoms with Gasteiger partial charge in [-0.15, -0.1) is 0 Å². The van der Waals surface area contributed by atoms with Crippen LogP contribution in [0.25, 0.3) is 0 Å². The van der Waals surface area contributed by atoms with Crippen LogP contribution in [0.4, 0.5) is 13.2 Å². The summed E-state index contributed by atoms with van der Waals surface area (Å²) in [6.07, 6.45) is 1.96. The standard InChI is InChI=1S/C11H18F3N/c12-11(13,14)9-4-5-10(15-7-9)6-8-2-1-3-8/h8-10,15H,1-7H2. The van der Waals surface area contributed by atoms with Crippen LogP contribution in [-0.2, 0) is 0 Å². The lowest BCUT2D eigenvalue weighted by Gasteiger charge is -2.35. The molecule has 1 N–H and O–H groups in total. The van der Waals surface area contributed by atoms with E-state index in [1.807, 2.05) is 0 Å². The van der Waals surface area contributed by atoms with E-state index >= 15 is 0 Å². The Morgan fingerprint density at radius 2 is 1.80 bits per heavy atom. The Morgan fingerprint density at radius 1 is 1.07 bits per heavy atom. The Bertz CT molecular complexity index is 202. The summed E-state index contributed by atoms with van der Waals surface area (Å²) in [4.78, 5) is 0. The fourth-order valence-corrected chi connectivity index (χ4v) is 2.53. The molecule has 2 atom stereocenters. The predicted molar refractivity (Wildman–Crippen MR) is 52.5 cm³/mol. The second-order valence-electron chi connectivity index (χ2n) is 4.95. The lowest BCUT2D eigenvalue weighted by molar-refractivity contribution is -0.179. The summed E-state index contributed by atoms with van der Waals surface area (Å²) in [6, 6.07) is 0.342. The molecule has 4 heteroatoms. The normalized spacial score (nSPS) is 33.8. The first kappa shape index (κ1) is 11.2. The average molecular weight is 221 g/mol. The van der Waals surface area contributed by atoms with Crippen LogP contribution in [0.15, 0.2) is 0 Å². The van der Waals surface area contributed by atoms with Crippen molar-refractivity contribution in [1.29, 1.82) is 0 Å². The maximum Gasteiger partial charge on any atom is 0.393 e.